The summed E-state index contributed by atoms with van der Waals surface area (Å²) in [6.45, 7) is 0.816. The largest absolute Gasteiger partial charge is 0.398 e. The van der Waals surface area contributed by atoms with Crippen molar-refractivity contribution in [3.63, 3.8) is 0 Å². The summed E-state index contributed by atoms with van der Waals surface area (Å²) in [6, 6.07) is 5.94. The maximum atomic E-state index is 12.8. The second-order valence-electron chi connectivity index (χ2n) is 6.37. The number of fused-ring (bicyclic) bond motifs is 3. The molecule has 1 aliphatic heterocycles. The molecule has 1 aromatic rings. The number of nitrogen functional groups attached to an aromatic ring is 1. The third kappa shape index (κ3) is 1.60. The van der Waals surface area contributed by atoms with Gasteiger partial charge in [0.1, 0.15) is 0 Å². The van der Waals surface area contributed by atoms with Gasteiger partial charge in [-0.2, -0.15) is 0 Å². The molecule has 2 N–H and O–H groups in total. The summed E-state index contributed by atoms with van der Waals surface area (Å²) in [6.07, 6.45) is 5.93. The number of rotatable bonds is 1. The number of anilines is 2. The van der Waals surface area contributed by atoms with E-state index in [-0.39, 0.29) is 5.92 Å². The first-order chi connectivity index (χ1) is 9.24. The van der Waals surface area contributed by atoms with Gasteiger partial charge < -0.3 is 10.6 Å². The number of amides is 1. The van der Waals surface area contributed by atoms with Crippen molar-refractivity contribution in [3.8, 4) is 0 Å². The Morgan fingerprint density at radius 2 is 2.16 bits per heavy atom. The number of nitrogens with zero attached hydrogens (tertiary/aromatic N) is 1. The molecule has 3 aliphatic rings. The van der Waals surface area contributed by atoms with Gasteiger partial charge in [0.25, 0.3) is 0 Å². The van der Waals surface area contributed by atoms with E-state index in [1.807, 2.05) is 23.1 Å². The molecule has 2 saturated carbocycles. The van der Waals surface area contributed by atoms with Gasteiger partial charge in [-0.25, -0.2) is 0 Å². The van der Waals surface area contributed by atoms with E-state index < -0.39 is 0 Å². The van der Waals surface area contributed by atoms with Crippen molar-refractivity contribution in [2.75, 3.05) is 17.2 Å². The highest BCUT2D eigenvalue weighted by Crippen LogP contribution is 2.49. The normalized spacial score (nSPS) is 31.8. The minimum Gasteiger partial charge on any atom is -0.398 e. The summed E-state index contributed by atoms with van der Waals surface area (Å²) in [7, 11) is 0. The van der Waals surface area contributed by atoms with Gasteiger partial charge >= 0.3 is 0 Å². The lowest BCUT2D eigenvalue weighted by molar-refractivity contribution is -0.123. The van der Waals surface area contributed by atoms with E-state index in [1.165, 1.54) is 24.8 Å². The third-order valence-corrected chi connectivity index (χ3v) is 5.39. The van der Waals surface area contributed by atoms with Gasteiger partial charge in [0.15, 0.2) is 0 Å². The lowest BCUT2D eigenvalue weighted by Gasteiger charge is -2.26. The van der Waals surface area contributed by atoms with Crippen LogP contribution in [0.4, 0.5) is 11.4 Å². The molecule has 2 bridgehead atoms. The highest BCUT2D eigenvalue weighted by molar-refractivity contribution is 5.98. The van der Waals surface area contributed by atoms with E-state index in [0.29, 0.717) is 11.8 Å². The van der Waals surface area contributed by atoms with Crippen molar-refractivity contribution in [1.82, 2.24) is 0 Å². The van der Waals surface area contributed by atoms with Crippen molar-refractivity contribution in [3.05, 3.63) is 23.8 Å². The first kappa shape index (κ1) is 11.3. The zero-order valence-electron chi connectivity index (χ0n) is 11.1. The van der Waals surface area contributed by atoms with Gasteiger partial charge in [0.05, 0.1) is 0 Å². The van der Waals surface area contributed by atoms with E-state index >= 15 is 0 Å². The number of hydrogen-bond acceptors (Lipinski definition) is 2. The number of hydrogen-bond donors (Lipinski definition) is 1. The molecular weight excluding hydrogens is 236 g/mol. The maximum Gasteiger partial charge on any atom is 0.230 e. The van der Waals surface area contributed by atoms with Crippen LogP contribution in [0.2, 0.25) is 0 Å². The average molecular weight is 256 g/mol. The predicted octanol–water partition coefficient (Wildman–Crippen LogP) is 2.59. The number of benzene rings is 1. The quantitative estimate of drug-likeness (QED) is 0.785. The average Bonchev–Trinajstić information content (AvgIpc) is 3.12. The molecule has 2 aliphatic carbocycles. The molecular formula is C16H20N2O. The molecule has 1 amide bonds. The SMILES string of the molecule is Nc1cccc2c1CCN2C(=O)C1CC2CCC1C2. The molecule has 4 rings (SSSR count). The summed E-state index contributed by atoms with van der Waals surface area (Å²) in [4.78, 5) is 14.8. The van der Waals surface area contributed by atoms with Gasteiger partial charge in [-0.3, -0.25) is 4.79 Å². The summed E-state index contributed by atoms with van der Waals surface area (Å²) in [5.41, 5.74) is 9.07. The molecule has 2 fully saturated rings. The lowest BCUT2D eigenvalue weighted by atomic mass is 9.88. The van der Waals surface area contributed by atoms with Crippen molar-refractivity contribution in [2.45, 2.75) is 32.1 Å². The fourth-order valence-corrected chi connectivity index (χ4v) is 4.44. The van der Waals surface area contributed by atoms with Gasteiger partial charge in [-0.15, -0.1) is 0 Å². The van der Waals surface area contributed by atoms with Gasteiger partial charge in [0.2, 0.25) is 5.91 Å². The van der Waals surface area contributed by atoms with E-state index in [2.05, 4.69) is 0 Å². The molecule has 3 nitrogen and oxygen atoms in total. The molecule has 0 aromatic heterocycles. The van der Waals surface area contributed by atoms with Crippen LogP contribution in [0.5, 0.6) is 0 Å². The van der Waals surface area contributed by atoms with Crippen LogP contribution in [0.15, 0.2) is 18.2 Å². The monoisotopic (exact) mass is 256 g/mol. The number of carbonyl (C=O) groups excluding carboxylic acids is 1. The van der Waals surface area contributed by atoms with E-state index in [9.17, 15) is 4.79 Å². The Labute approximate surface area is 113 Å². The highest BCUT2D eigenvalue weighted by atomic mass is 16.2. The topological polar surface area (TPSA) is 46.3 Å². The predicted molar refractivity (Wildman–Crippen MR) is 75.8 cm³/mol. The molecule has 1 aromatic carbocycles. The summed E-state index contributed by atoms with van der Waals surface area (Å²) in [5, 5.41) is 0. The van der Waals surface area contributed by atoms with Crippen molar-refractivity contribution < 1.29 is 4.79 Å². The van der Waals surface area contributed by atoms with E-state index in [0.717, 1.165) is 36.7 Å². The molecule has 1 heterocycles. The lowest BCUT2D eigenvalue weighted by Crippen LogP contribution is -2.37. The maximum absolute atomic E-state index is 12.8. The molecule has 0 radical (unpaired) electrons. The van der Waals surface area contributed by atoms with Crippen LogP contribution in [-0.2, 0) is 11.2 Å². The molecule has 100 valence electrons. The standard InChI is InChI=1S/C16H20N2O/c17-14-2-1-3-15-12(14)6-7-18(15)16(19)13-9-10-4-5-11(13)8-10/h1-3,10-11,13H,4-9,17H2. The summed E-state index contributed by atoms with van der Waals surface area (Å²) in [5.74, 6) is 2.12. The fourth-order valence-electron chi connectivity index (χ4n) is 4.44. The van der Waals surface area contributed by atoms with Gasteiger partial charge in [-0.05, 0) is 49.7 Å². The van der Waals surface area contributed by atoms with Crippen LogP contribution >= 0.6 is 0 Å². The Kier molecular flexibility index (Phi) is 2.38. The minimum atomic E-state index is 0.283. The van der Waals surface area contributed by atoms with Gasteiger partial charge in [-0.1, -0.05) is 12.5 Å². The Hall–Kier alpha value is -1.51. The van der Waals surface area contributed by atoms with Gasteiger partial charge in [0, 0.05) is 29.4 Å². The molecule has 3 atom stereocenters. The zero-order valence-corrected chi connectivity index (χ0v) is 11.1. The van der Waals surface area contributed by atoms with Crippen LogP contribution in [0.25, 0.3) is 0 Å². The molecule has 19 heavy (non-hydrogen) atoms. The van der Waals surface area contributed by atoms with Crippen molar-refractivity contribution in [2.24, 2.45) is 17.8 Å². The Morgan fingerprint density at radius 3 is 2.89 bits per heavy atom. The van der Waals surface area contributed by atoms with Crippen LogP contribution in [0.1, 0.15) is 31.2 Å². The van der Waals surface area contributed by atoms with E-state index in [4.69, 9.17) is 5.73 Å². The van der Waals surface area contributed by atoms with E-state index in [1.54, 1.807) is 0 Å². The number of nitrogens with two attached hydrogens (primary N) is 1. The van der Waals surface area contributed by atoms with Crippen molar-refractivity contribution >= 4 is 17.3 Å². The molecule has 0 spiro atoms. The van der Waals surface area contributed by atoms with Crippen LogP contribution in [0.3, 0.4) is 0 Å². The number of carbonyl (C=O) groups is 1. The molecule has 0 saturated heterocycles. The zero-order chi connectivity index (χ0) is 13.0. The Bertz CT molecular complexity index is 540. The third-order valence-electron chi connectivity index (χ3n) is 5.39. The fraction of sp³-hybridized carbons (Fsp3) is 0.562. The second kappa shape index (κ2) is 3.99. The van der Waals surface area contributed by atoms with Crippen LogP contribution in [-0.4, -0.2) is 12.5 Å². The summed E-state index contributed by atoms with van der Waals surface area (Å²) >= 11 is 0. The van der Waals surface area contributed by atoms with Crippen molar-refractivity contribution in [1.29, 1.82) is 0 Å². The minimum absolute atomic E-state index is 0.283. The Morgan fingerprint density at radius 1 is 1.26 bits per heavy atom. The first-order valence-electron chi connectivity index (χ1n) is 7.43. The summed E-state index contributed by atoms with van der Waals surface area (Å²) < 4.78 is 0. The van der Waals surface area contributed by atoms with Crippen LogP contribution in [0, 0.1) is 17.8 Å². The Balaban J connectivity index is 1.62. The molecule has 3 heteroatoms. The first-order valence-corrected chi connectivity index (χ1v) is 7.43. The molecule has 3 unspecified atom stereocenters. The smallest absolute Gasteiger partial charge is 0.230 e. The highest BCUT2D eigenvalue weighted by Gasteiger charge is 2.45. The second-order valence-corrected chi connectivity index (χ2v) is 6.37. The van der Waals surface area contributed by atoms with Crippen LogP contribution < -0.4 is 10.6 Å².